The van der Waals surface area contributed by atoms with Crippen molar-refractivity contribution in [3.63, 3.8) is 0 Å². The minimum atomic E-state index is -0.420. The number of hydrogen-bond donors (Lipinski definition) is 2. The Morgan fingerprint density at radius 2 is 1.91 bits per heavy atom. The molecule has 3 N–H and O–H groups in total. The van der Waals surface area contributed by atoms with Crippen molar-refractivity contribution in [2.24, 2.45) is 5.73 Å². The van der Waals surface area contributed by atoms with E-state index >= 15 is 0 Å². The molecule has 0 fully saturated rings. The van der Waals surface area contributed by atoms with Gasteiger partial charge in [-0.25, -0.2) is 4.39 Å². The van der Waals surface area contributed by atoms with Crippen LogP contribution >= 0.6 is 0 Å². The molecular formula is C29H42FN3O2. The van der Waals surface area contributed by atoms with Gasteiger partial charge in [0.2, 0.25) is 0 Å². The molecule has 1 unspecified atom stereocenters. The molecule has 5 nitrogen and oxygen atoms in total. The number of nitrogens with one attached hydrogen (secondary N) is 1. The minimum Gasteiger partial charge on any atom is -0.492 e. The van der Waals surface area contributed by atoms with Gasteiger partial charge in [-0.3, -0.25) is 9.69 Å². The molecule has 0 radical (unpaired) electrons. The van der Waals surface area contributed by atoms with Crippen molar-refractivity contribution in [1.29, 1.82) is 0 Å². The molecule has 6 heteroatoms. The van der Waals surface area contributed by atoms with E-state index in [0.29, 0.717) is 18.8 Å². The van der Waals surface area contributed by atoms with Gasteiger partial charge in [0, 0.05) is 25.3 Å². The lowest BCUT2D eigenvalue weighted by Crippen LogP contribution is -2.36. The van der Waals surface area contributed by atoms with Crippen molar-refractivity contribution < 1.29 is 13.9 Å². The van der Waals surface area contributed by atoms with Gasteiger partial charge in [0.1, 0.15) is 24.0 Å². The summed E-state index contributed by atoms with van der Waals surface area (Å²) in [5.74, 6) is 0.420. The number of allylic oxidation sites excluding steroid dienone is 6. The highest BCUT2D eigenvalue weighted by atomic mass is 19.1. The van der Waals surface area contributed by atoms with Crippen molar-refractivity contribution in [3.05, 3.63) is 64.7 Å². The maximum atomic E-state index is 13.1. The van der Waals surface area contributed by atoms with Gasteiger partial charge in [0.25, 0.3) is 0 Å². The summed E-state index contributed by atoms with van der Waals surface area (Å²) >= 11 is 0. The summed E-state index contributed by atoms with van der Waals surface area (Å²) in [5.41, 5.74) is 11.9. The number of hydrogen-bond acceptors (Lipinski definition) is 5. The molecule has 0 saturated heterocycles. The van der Waals surface area contributed by atoms with E-state index in [9.17, 15) is 9.18 Å². The van der Waals surface area contributed by atoms with Crippen LogP contribution in [0.3, 0.4) is 0 Å². The van der Waals surface area contributed by atoms with Crippen molar-refractivity contribution in [1.82, 2.24) is 10.2 Å². The molecular weight excluding hydrogens is 441 g/mol. The molecule has 192 valence electrons. The second-order valence-corrected chi connectivity index (χ2v) is 9.78. The van der Waals surface area contributed by atoms with Crippen LogP contribution in [0.2, 0.25) is 0 Å². The fourth-order valence-electron chi connectivity index (χ4n) is 4.66. The molecule has 1 atom stereocenters. The van der Waals surface area contributed by atoms with Crippen molar-refractivity contribution in [2.45, 2.75) is 71.3 Å². The van der Waals surface area contributed by atoms with E-state index in [0.717, 1.165) is 58.3 Å². The number of ether oxygens (including phenoxy) is 1. The molecule has 35 heavy (non-hydrogen) atoms. The number of carbonyl (C=O) groups excluding carboxylic acids is 1. The zero-order valence-corrected chi connectivity index (χ0v) is 21.5. The Hall–Kier alpha value is -2.44. The molecule has 0 bridgehead atoms. The third kappa shape index (κ3) is 9.26. The Bertz CT molecular complexity index is 920. The highest BCUT2D eigenvalue weighted by Crippen LogP contribution is 2.27. The Morgan fingerprint density at radius 3 is 2.69 bits per heavy atom. The predicted octanol–water partition coefficient (Wildman–Crippen LogP) is 5.29. The monoisotopic (exact) mass is 483 g/mol. The van der Waals surface area contributed by atoms with E-state index in [1.165, 1.54) is 47.4 Å². The molecule has 3 rings (SSSR count). The molecule has 1 aliphatic heterocycles. The number of nitrogens with zero attached hydrogens (tertiary/aromatic N) is 1. The van der Waals surface area contributed by atoms with Crippen LogP contribution in [0.1, 0.15) is 65.2 Å². The number of Topliss-reactive ketones (excluding diaryl/α,β-unsaturated/α-hetero) is 1. The summed E-state index contributed by atoms with van der Waals surface area (Å²) in [4.78, 5) is 13.9. The fourth-order valence-corrected chi connectivity index (χ4v) is 4.66. The Labute approximate surface area is 210 Å². The van der Waals surface area contributed by atoms with Crippen LogP contribution in [0.15, 0.2) is 58.8 Å². The zero-order chi connectivity index (χ0) is 25.0. The Kier molecular flexibility index (Phi) is 11.0. The first-order chi connectivity index (χ1) is 16.9. The molecule has 1 heterocycles. The molecule has 1 aromatic carbocycles. The maximum Gasteiger partial charge on any atom is 0.146 e. The van der Waals surface area contributed by atoms with Gasteiger partial charge in [-0.2, -0.15) is 0 Å². The van der Waals surface area contributed by atoms with Crippen LogP contribution < -0.4 is 15.8 Å². The fraction of sp³-hybridized carbons (Fsp3) is 0.552. The average Bonchev–Trinajstić information content (AvgIpc) is 2.85. The van der Waals surface area contributed by atoms with Crippen LogP contribution in [0.25, 0.3) is 0 Å². The van der Waals surface area contributed by atoms with Crippen molar-refractivity contribution >= 4 is 5.78 Å². The second kappa shape index (κ2) is 14.2. The summed E-state index contributed by atoms with van der Waals surface area (Å²) in [5, 5.41) is 3.59. The molecule has 1 aromatic rings. The van der Waals surface area contributed by atoms with Gasteiger partial charge >= 0.3 is 0 Å². The normalized spacial score (nSPS) is 20.0. The number of unbranched alkanes of at least 4 members (excludes halogenated alkanes) is 1. The summed E-state index contributed by atoms with van der Waals surface area (Å²) < 4.78 is 18.9. The molecule has 1 aliphatic carbocycles. The number of benzene rings is 1. The quantitative estimate of drug-likeness (QED) is 0.373. The third-order valence-electron chi connectivity index (χ3n) is 7.07. The van der Waals surface area contributed by atoms with Gasteiger partial charge < -0.3 is 15.8 Å². The van der Waals surface area contributed by atoms with E-state index < -0.39 is 6.04 Å². The summed E-state index contributed by atoms with van der Waals surface area (Å²) in [7, 11) is 0. The smallest absolute Gasteiger partial charge is 0.146 e. The first-order valence-electron chi connectivity index (χ1n) is 13.1. The lowest BCUT2D eigenvalue weighted by atomic mass is 9.91. The van der Waals surface area contributed by atoms with Gasteiger partial charge in [-0.1, -0.05) is 17.7 Å². The highest BCUT2D eigenvalue weighted by Gasteiger charge is 2.14. The SMILES string of the molecule is CC(=O)C(N)CCN(CCCCC1=C(\C)CCC2=C(/C=C\1)CCCN2)CCOc1ccc(F)cc1. The van der Waals surface area contributed by atoms with Crippen LogP contribution in [-0.2, 0) is 4.79 Å². The van der Waals surface area contributed by atoms with Gasteiger partial charge in [-0.15, -0.1) is 0 Å². The topological polar surface area (TPSA) is 67.6 Å². The summed E-state index contributed by atoms with van der Waals surface area (Å²) in [6, 6.07) is 5.68. The molecule has 0 saturated carbocycles. The van der Waals surface area contributed by atoms with Crippen molar-refractivity contribution in [3.8, 4) is 5.75 Å². The standard InChI is InChI=1S/C29H42FN3O2/c1-22-8-15-29-25(7-5-17-32-29)10-9-24(22)6-3-4-18-33(19-16-28(31)23(2)34)20-21-35-27-13-11-26(30)12-14-27/h9-14,28,32H,3-8,15-21,31H2,1-2H3/b10-9-,24-22-. The van der Waals surface area contributed by atoms with E-state index in [2.05, 4.69) is 29.3 Å². The molecule has 0 amide bonds. The van der Waals surface area contributed by atoms with E-state index in [1.807, 2.05) is 0 Å². The number of carbonyl (C=O) groups is 1. The number of halogens is 1. The Balaban J connectivity index is 1.48. The van der Waals surface area contributed by atoms with Crippen LogP contribution in [0.4, 0.5) is 4.39 Å². The first kappa shape index (κ1) is 27.2. The van der Waals surface area contributed by atoms with Gasteiger partial charge in [0.15, 0.2) is 0 Å². The van der Waals surface area contributed by atoms with Crippen molar-refractivity contribution in [2.75, 3.05) is 32.8 Å². The van der Waals surface area contributed by atoms with Gasteiger partial charge in [-0.05, 0) is 107 Å². The predicted molar refractivity (Wildman–Crippen MR) is 141 cm³/mol. The number of ketones is 1. The van der Waals surface area contributed by atoms with E-state index in [1.54, 1.807) is 19.1 Å². The zero-order valence-electron chi connectivity index (χ0n) is 21.5. The summed E-state index contributed by atoms with van der Waals surface area (Å²) in [6.07, 6.45) is 13.3. The largest absolute Gasteiger partial charge is 0.492 e. The maximum absolute atomic E-state index is 13.1. The third-order valence-corrected chi connectivity index (χ3v) is 7.07. The second-order valence-electron chi connectivity index (χ2n) is 9.78. The summed E-state index contributed by atoms with van der Waals surface area (Å²) in [6.45, 7) is 7.88. The first-order valence-corrected chi connectivity index (χ1v) is 13.1. The van der Waals surface area contributed by atoms with Gasteiger partial charge in [0.05, 0.1) is 6.04 Å². The molecule has 2 aliphatic rings. The van der Waals surface area contributed by atoms with E-state index in [-0.39, 0.29) is 11.6 Å². The lowest BCUT2D eigenvalue weighted by Gasteiger charge is -2.24. The average molecular weight is 484 g/mol. The van der Waals surface area contributed by atoms with Crippen LogP contribution in [0.5, 0.6) is 5.75 Å². The van der Waals surface area contributed by atoms with Crippen LogP contribution in [-0.4, -0.2) is 49.5 Å². The lowest BCUT2D eigenvalue weighted by molar-refractivity contribution is -0.118. The minimum absolute atomic E-state index is 0.0254. The molecule has 0 aromatic heterocycles. The Morgan fingerprint density at radius 1 is 1.11 bits per heavy atom. The van der Waals surface area contributed by atoms with Crippen LogP contribution in [0, 0.1) is 5.82 Å². The van der Waals surface area contributed by atoms with E-state index in [4.69, 9.17) is 10.5 Å². The number of nitrogens with two attached hydrogens (primary N) is 1. The number of rotatable bonds is 13. The molecule has 0 spiro atoms. The highest BCUT2D eigenvalue weighted by molar-refractivity contribution is 5.81.